The van der Waals surface area contributed by atoms with E-state index >= 15 is 0 Å². The smallest absolute Gasteiger partial charge is 0.315 e. The quantitative estimate of drug-likeness (QED) is 0.673. The van der Waals surface area contributed by atoms with Crippen LogP contribution in [0.4, 0.5) is 4.79 Å². The van der Waals surface area contributed by atoms with Crippen LogP contribution in [0, 0.1) is 0 Å². The number of ketones is 1. The average Bonchev–Trinajstić information content (AvgIpc) is 2.42. The van der Waals surface area contributed by atoms with Crippen molar-refractivity contribution >= 4 is 24.1 Å². The largest absolute Gasteiger partial charge is 0.337 e. The summed E-state index contributed by atoms with van der Waals surface area (Å²) in [6.45, 7) is 7.59. The predicted octanol–water partition coefficient (Wildman–Crippen LogP) is -0.658. The summed E-state index contributed by atoms with van der Waals surface area (Å²) < 4.78 is 0. The number of Topliss-reactive ketones (excluding diaryl/α,β-unsaturated/α-hetero) is 1. The lowest BCUT2D eigenvalue weighted by atomic mass is 10.1. The normalized spacial score (nSPS) is 18.6. The van der Waals surface area contributed by atoms with Crippen LogP contribution in [0.3, 0.4) is 0 Å². The van der Waals surface area contributed by atoms with Crippen LogP contribution in [0.25, 0.3) is 0 Å². The maximum Gasteiger partial charge on any atom is 0.315 e. The average molecular weight is 312 g/mol. The summed E-state index contributed by atoms with van der Waals surface area (Å²) >= 11 is 0. The van der Waals surface area contributed by atoms with Crippen molar-refractivity contribution in [2.75, 3.05) is 26.2 Å². The molecule has 0 radical (unpaired) electrons. The van der Waals surface area contributed by atoms with E-state index in [1.165, 1.54) is 16.7 Å². The molecular weight excluding hydrogens is 288 g/mol. The van der Waals surface area contributed by atoms with Gasteiger partial charge < -0.3 is 20.4 Å². The summed E-state index contributed by atoms with van der Waals surface area (Å²) in [6.07, 6.45) is 0.628. The van der Waals surface area contributed by atoms with Gasteiger partial charge in [-0.15, -0.1) is 0 Å². The van der Waals surface area contributed by atoms with Crippen molar-refractivity contribution in [3.8, 4) is 0 Å². The van der Waals surface area contributed by atoms with Crippen LogP contribution in [-0.4, -0.2) is 71.7 Å². The minimum Gasteiger partial charge on any atom is -0.337 e. The van der Waals surface area contributed by atoms with Gasteiger partial charge in [0.05, 0.1) is 6.54 Å². The van der Waals surface area contributed by atoms with Crippen molar-refractivity contribution in [1.29, 1.82) is 0 Å². The number of carbonyl (C=O) groups is 4. The van der Waals surface area contributed by atoms with Gasteiger partial charge in [-0.05, 0) is 27.7 Å². The molecule has 1 aliphatic heterocycles. The molecule has 0 saturated carbocycles. The van der Waals surface area contributed by atoms with E-state index in [1.807, 2.05) is 20.8 Å². The second kappa shape index (κ2) is 7.24. The van der Waals surface area contributed by atoms with Gasteiger partial charge in [-0.1, -0.05) is 0 Å². The maximum atomic E-state index is 12.1. The summed E-state index contributed by atoms with van der Waals surface area (Å²) in [5, 5.41) is 5.19. The first-order chi connectivity index (χ1) is 10.1. The molecule has 124 valence electrons. The Labute approximate surface area is 130 Å². The van der Waals surface area contributed by atoms with Crippen molar-refractivity contribution in [1.82, 2.24) is 20.4 Å². The summed E-state index contributed by atoms with van der Waals surface area (Å²) in [7, 11) is 0. The predicted molar refractivity (Wildman–Crippen MR) is 80.1 cm³/mol. The molecule has 1 aliphatic rings. The highest BCUT2D eigenvalue weighted by Gasteiger charge is 2.31. The van der Waals surface area contributed by atoms with Crippen LogP contribution in [0.2, 0.25) is 0 Å². The number of urea groups is 1. The molecule has 4 amide bonds. The van der Waals surface area contributed by atoms with Crippen LogP contribution < -0.4 is 10.6 Å². The fourth-order valence-corrected chi connectivity index (χ4v) is 2.16. The van der Waals surface area contributed by atoms with Gasteiger partial charge in [0.1, 0.15) is 6.04 Å². The van der Waals surface area contributed by atoms with E-state index in [9.17, 15) is 19.2 Å². The SMILES string of the molecule is CC(=O)C1CN(C(=O)CNC(=O)NC(C)(C)C)CCN1C=O. The molecule has 0 bridgehead atoms. The molecule has 0 aliphatic carbocycles. The lowest BCUT2D eigenvalue weighted by Crippen LogP contribution is -2.58. The molecule has 1 fully saturated rings. The third kappa shape index (κ3) is 5.34. The zero-order chi connectivity index (χ0) is 16.9. The van der Waals surface area contributed by atoms with Crippen LogP contribution in [0.5, 0.6) is 0 Å². The lowest BCUT2D eigenvalue weighted by molar-refractivity contribution is -0.140. The van der Waals surface area contributed by atoms with Gasteiger partial charge in [-0.25, -0.2) is 4.79 Å². The fourth-order valence-electron chi connectivity index (χ4n) is 2.16. The summed E-state index contributed by atoms with van der Waals surface area (Å²) in [5.41, 5.74) is -0.386. The van der Waals surface area contributed by atoms with Gasteiger partial charge in [-0.2, -0.15) is 0 Å². The standard InChI is InChI=1S/C14H24N4O4/c1-10(20)11-8-17(5-6-18(11)9-19)12(21)7-15-13(22)16-14(2,3)4/h9,11H,5-8H2,1-4H3,(H2,15,16,22). The molecule has 8 heteroatoms. The number of nitrogens with one attached hydrogen (secondary N) is 2. The molecule has 0 spiro atoms. The molecule has 0 aromatic heterocycles. The molecule has 8 nitrogen and oxygen atoms in total. The van der Waals surface area contributed by atoms with E-state index in [2.05, 4.69) is 10.6 Å². The minimum atomic E-state index is -0.612. The molecule has 1 rings (SSSR count). The highest BCUT2D eigenvalue weighted by Crippen LogP contribution is 2.09. The maximum absolute atomic E-state index is 12.1. The first-order valence-electron chi connectivity index (χ1n) is 7.19. The molecule has 1 saturated heterocycles. The number of hydrogen-bond donors (Lipinski definition) is 2. The number of amides is 4. The van der Waals surface area contributed by atoms with Gasteiger partial charge in [-0.3, -0.25) is 14.4 Å². The van der Waals surface area contributed by atoms with Crippen LogP contribution in [0.1, 0.15) is 27.7 Å². The minimum absolute atomic E-state index is 0.145. The molecule has 0 aromatic carbocycles. The Morgan fingerprint density at radius 2 is 1.86 bits per heavy atom. The second-order valence-corrected chi connectivity index (χ2v) is 6.37. The fraction of sp³-hybridized carbons (Fsp3) is 0.714. The molecule has 2 N–H and O–H groups in total. The molecule has 1 atom stereocenters. The lowest BCUT2D eigenvalue weighted by Gasteiger charge is -2.38. The van der Waals surface area contributed by atoms with Gasteiger partial charge in [0.25, 0.3) is 0 Å². The van der Waals surface area contributed by atoms with Crippen molar-refractivity contribution in [3.63, 3.8) is 0 Å². The highest BCUT2D eigenvalue weighted by atomic mass is 16.2. The molecule has 22 heavy (non-hydrogen) atoms. The number of piperazine rings is 1. The number of carbonyl (C=O) groups excluding carboxylic acids is 4. The molecule has 0 aromatic rings. The number of nitrogens with zero attached hydrogens (tertiary/aromatic N) is 2. The molecule has 1 unspecified atom stereocenters. The summed E-state index contributed by atoms with van der Waals surface area (Å²) in [5.74, 6) is -0.441. The summed E-state index contributed by atoms with van der Waals surface area (Å²) in [4.78, 5) is 49.0. The van der Waals surface area contributed by atoms with Crippen molar-refractivity contribution in [2.24, 2.45) is 0 Å². The molecule has 1 heterocycles. The van der Waals surface area contributed by atoms with E-state index in [1.54, 1.807) is 0 Å². The summed E-state index contributed by atoms with van der Waals surface area (Å²) in [6, 6.07) is -1.03. The first-order valence-corrected chi connectivity index (χ1v) is 7.19. The topological polar surface area (TPSA) is 98.8 Å². The van der Waals surface area contributed by atoms with Crippen LogP contribution in [0.15, 0.2) is 0 Å². The van der Waals surface area contributed by atoms with Crippen LogP contribution in [-0.2, 0) is 14.4 Å². The monoisotopic (exact) mass is 312 g/mol. The Morgan fingerprint density at radius 3 is 2.36 bits per heavy atom. The Hall–Kier alpha value is -2.12. The third-order valence-corrected chi connectivity index (χ3v) is 3.27. The van der Waals surface area contributed by atoms with E-state index in [0.717, 1.165) is 0 Å². The highest BCUT2D eigenvalue weighted by molar-refractivity contribution is 5.87. The Kier molecular flexibility index (Phi) is 5.90. The van der Waals surface area contributed by atoms with Crippen molar-refractivity contribution in [2.45, 2.75) is 39.3 Å². The van der Waals surface area contributed by atoms with Crippen LogP contribution >= 0.6 is 0 Å². The van der Waals surface area contributed by atoms with Gasteiger partial charge in [0.15, 0.2) is 5.78 Å². The first kappa shape index (κ1) is 17.9. The number of hydrogen-bond acceptors (Lipinski definition) is 4. The Balaban J connectivity index is 2.51. The number of rotatable bonds is 4. The third-order valence-electron chi connectivity index (χ3n) is 3.27. The van der Waals surface area contributed by atoms with Crippen molar-refractivity contribution < 1.29 is 19.2 Å². The van der Waals surface area contributed by atoms with Gasteiger partial charge in [0, 0.05) is 25.2 Å². The van der Waals surface area contributed by atoms with E-state index in [-0.39, 0.29) is 30.3 Å². The van der Waals surface area contributed by atoms with Gasteiger partial charge >= 0.3 is 6.03 Å². The molecular formula is C14H24N4O4. The zero-order valence-corrected chi connectivity index (χ0v) is 13.5. The van der Waals surface area contributed by atoms with E-state index in [4.69, 9.17) is 0 Å². The Morgan fingerprint density at radius 1 is 1.23 bits per heavy atom. The Bertz CT molecular complexity index is 458. The van der Waals surface area contributed by atoms with Gasteiger partial charge in [0.2, 0.25) is 12.3 Å². The zero-order valence-electron chi connectivity index (χ0n) is 13.5. The van der Waals surface area contributed by atoms with Crippen molar-refractivity contribution in [3.05, 3.63) is 0 Å². The van der Waals surface area contributed by atoms with E-state index < -0.39 is 12.1 Å². The second-order valence-electron chi connectivity index (χ2n) is 6.37. The van der Waals surface area contributed by atoms with E-state index in [0.29, 0.717) is 19.5 Å².